The maximum absolute atomic E-state index is 12.3. The predicted molar refractivity (Wildman–Crippen MR) is 71.8 cm³/mol. The van der Waals surface area contributed by atoms with Crippen LogP contribution in [0.2, 0.25) is 5.15 Å². The molecule has 0 bridgehead atoms. The van der Waals surface area contributed by atoms with Gasteiger partial charge in [-0.05, 0) is 20.8 Å². The fourth-order valence-corrected chi connectivity index (χ4v) is 3.47. The highest BCUT2D eigenvalue weighted by Crippen LogP contribution is 2.22. The molecule has 0 aliphatic rings. The van der Waals surface area contributed by atoms with E-state index in [0.29, 0.717) is 17.9 Å². The topological polar surface area (TPSA) is 92.7 Å². The highest BCUT2D eigenvalue weighted by molar-refractivity contribution is 7.92. The van der Waals surface area contributed by atoms with E-state index in [2.05, 4.69) is 20.0 Å². The van der Waals surface area contributed by atoms with Crippen LogP contribution in [0.5, 0.6) is 0 Å². The number of hydrogen-bond donors (Lipinski definition) is 2. The molecule has 0 saturated carbocycles. The van der Waals surface area contributed by atoms with E-state index in [1.165, 1.54) is 6.07 Å². The fraction of sp³-hybridized carbons (Fsp3) is 0.400. The van der Waals surface area contributed by atoms with Crippen molar-refractivity contribution < 1.29 is 8.42 Å². The molecule has 0 aliphatic carbocycles. The Morgan fingerprint density at radius 1 is 1.47 bits per heavy atom. The van der Waals surface area contributed by atoms with Crippen LogP contribution in [0.15, 0.2) is 11.0 Å². The van der Waals surface area contributed by atoms with E-state index in [9.17, 15) is 8.42 Å². The second-order valence-electron chi connectivity index (χ2n) is 4.02. The Labute approximate surface area is 116 Å². The van der Waals surface area contributed by atoms with Crippen LogP contribution >= 0.6 is 11.6 Å². The van der Waals surface area contributed by atoms with Gasteiger partial charge in [0.2, 0.25) is 0 Å². The van der Waals surface area contributed by atoms with Crippen LogP contribution in [0.4, 0.5) is 5.82 Å². The molecule has 0 spiro atoms. The summed E-state index contributed by atoms with van der Waals surface area (Å²) in [6.07, 6.45) is 0. The molecule has 7 nitrogen and oxygen atoms in total. The maximum Gasteiger partial charge on any atom is 0.266 e. The Morgan fingerprint density at radius 3 is 2.63 bits per heavy atom. The lowest BCUT2D eigenvalue weighted by atomic mass is 10.4. The molecule has 2 heterocycles. The molecular formula is C10H14ClN5O2S. The second-order valence-corrected chi connectivity index (χ2v) is 6.05. The van der Waals surface area contributed by atoms with Crippen LogP contribution in [0, 0.1) is 13.8 Å². The third-order valence-electron chi connectivity index (χ3n) is 2.67. The maximum atomic E-state index is 12.3. The molecule has 104 valence electrons. The lowest BCUT2D eigenvalue weighted by molar-refractivity contribution is 0.598. The van der Waals surface area contributed by atoms with Crippen molar-refractivity contribution in [2.75, 3.05) is 4.72 Å². The molecule has 0 aromatic carbocycles. The molecule has 0 unspecified atom stereocenters. The zero-order valence-corrected chi connectivity index (χ0v) is 12.3. The minimum absolute atomic E-state index is 0.146. The number of hydrogen-bond acceptors (Lipinski definition) is 4. The van der Waals surface area contributed by atoms with Gasteiger partial charge in [-0.25, -0.2) is 8.42 Å². The van der Waals surface area contributed by atoms with Gasteiger partial charge in [0, 0.05) is 12.6 Å². The lowest BCUT2D eigenvalue weighted by Gasteiger charge is -2.05. The molecule has 0 aliphatic heterocycles. The molecule has 0 amide bonds. The third kappa shape index (κ3) is 2.59. The van der Waals surface area contributed by atoms with Crippen molar-refractivity contribution in [3.05, 3.63) is 22.6 Å². The van der Waals surface area contributed by atoms with Crippen molar-refractivity contribution in [3.8, 4) is 0 Å². The van der Waals surface area contributed by atoms with Crippen LogP contribution in [0.3, 0.4) is 0 Å². The molecule has 0 saturated heterocycles. The molecule has 2 aromatic heterocycles. The van der Waals surface area contributed by atoms with Crippen LogP contribution in [0.1, 0.15) is 18.3 Å². The van der Waals surface area contributed by atoms with Crippen molar-refractivity contribution in [1.29, 1.82) is 0 Å². The molecule has 2 N–H and O–H groups in total. The molecule has 0 atom stereocenters. The number of halogens is 1. The number of aromatic amines is 1. The van der Waals surface area contributed by atoms with Crippen molar-refractivity contribution in [2.24, 2.45) is 0 Å². The van der Waals surface area contributed by atoms with Gasteiger partial charge < -0.3 is 0 Å². The van der Waals surface area contributed by atoms with E-state index in [4.69, 9.17) is 11.6 Å². The number of sulfonamides is 1. The number of nitrogens with zero attached hydrogens (tertiary/aromatic N) is 3. The molecule has 0 radical (unpaired) electrons. The van der Waals surface area contributed by atoms with Gasteiger partial charge in [-0.2, -0.15) is 10.2 Å². The Hall–Kier alpha value is -1.54. The number of rotatable bonds is 4. The third-order valence-corrected chi connectivity index (χ3v) is 4.47. The molecule has 2 rings (SSSR count). The first-order valence-corrected chi connectivity index (χ1v) is 7.49. The Bertz CT molecular complexity index is 704. The summed E-state index contributed by atoms with van der Waals surface area (Å²) < 4.78 is 28.6. The monoisotopic (exact) mass is 303 g/mol. The van der Waals surface area contributed by atoms with Crippen molar-refractivity contribution in [1.82, 2.24) is 20.0 Å². The summed E-state index contributed by atoms with van der Waals surface area (Å²) in [5.41, 5.74) is 1.04. The van der Waals surface area contributed by atoms with Crippen LogP contribution in [-0.2, 0) is 16.6 Å². The summed E-state index contributed by atoms with van der Waals surface area (Å²) in [5.74, 6) is 0.146. The van der Waals surface area contributed by atoms with Crippen molar-refractivity contribution in [3.63, 3.8) is 0 Å². The highest BCUT2D eigenvalue weighted by Gasteiger charge is 2.25. The van der Waals surface area contributed by atoms with Crippen molar-refractivity contribution >= 4 is 27.4 Å². The second kappa shape index (κ2) is 4.86. The smallest absolute Gasteiger partial charge is 0.266 e. The zero-order chi connectivity index (χ0) is 14.2. The van der Waals surface area contributed by atoms with Crippen LogP contribution in [-0.4, -0.2) is 28.4 Å². The Morgan fingerprint density at radius 2 is 2.16 bits per heavy atom. The van der Waals surface area contributed by atoms with Crippen LogP contribution in [0.25, 0.3) is 0 Å². The van der Waals surface area contributed by atoms with E-state index in [-0.39, 0.29) is 15.9 Å². The number of anilines is 1. The standard InChI is InChI=1S/C10H14ClN5O2S/c1-4-16-7(3)10(6(2)14-16)19(17,18)15-9-5-8(11)12-13-9/h5H,4H2,1-3H3,(H2,12,13,15). The van der Waals surface area contributed by atoms with Gasteiger partial charge in [-0.15, -0.1) is 0 Å². The van der Waals surface area contributed by atoms with Crippen LogP contribution < -0.4 is 4.72 Å². The SMILES string of the molecule is CCn1nc(C)c(S(=O)(=O)Nc2cc(Cl)[nH]n2)c1C. The molecule has 19 heavy (non-hydrogen) atoms. The van der Waals surface area contributed by atoms with E-state index in [1.807, 2.05) is 6.92 Å². The number of H-pyrrole nitrogens is 1. The summed E-state index contributed by atoms with van der Waals surface area (Å²) in [6, 6.07) is 1.40. The summed E-state index contributed by atoms with van der Waals surface area (Å²) in [5, 5.41) is 10.6. The lowest BCUT2D eigenvalue weighted by Crippen LogP contribution is -2.15. The zero-order valence-electron chi connectivity index (χ0n) is 10.7. The largest absolute Gasteiger partial charge is 0.268 e. The van der Waals surface area contributed by atoms with E-state index in [0.717, 1.165) is 0 Å². The first-order chi connectivity index (χ1) is 8.85. The highest BCUT2D eigenvalue weighted by atomic mass is 35.5. The number of nitrogens with one attached hydrogen (secondary N) is 2. The average Bonchev–Trinajstić information content (AvgIpc) is 2.82. The summed E-state index contributed by atoms with van der Waals surface area (Å²) in [7, 11) is -3.73. The van der Waals surface area contributed by atoms with Gasteiger partial charge in [-0.3, -0.25) is 14.5 Å². The van der Waals surface area contributed by atoms with Gasteiger partial charge in [0.1, 0.15) is 10.0 Å². The number of aromatic nitrogens is 4. The average molecular weight is 304 g/mol. The summed E-state index contributed by atoms with van der Waals surface area (Å²) in [4.78, 5) is 0.175. The van der Waals surface area contributed by atoms with Gasteiger partial charge in [-0.1, -0.05) is 11.6 Å². The molecular weight excluding hydrogens is 290 g/mol. The minimum Gasteiger partial charge on any atom is -0.268 e. The first-order valence-electron chi connectivity index (χ1n) is 5.63. The van der Waals surface area contributed by atoms with Gasteiger partial charge in [0.25, 0.3) is 10.0 Å². The molecule has 9 heteroatoms. The van der Waals surface area contributed by atoms with Gasteiger partial charge in [0.15, 0.2) is 5.82 Å². The van der Waals surface area contributed by atoms with Gasteiger partial charge in [0.05, 0.1) is 11.4 Å². The summed E-state index contributed by atoms with van der Waals surface area (Å²) >= 11 is 5.66. The minimum atomic E-state index is -3.73. The predicted octanol–water partition coefficient (Wildman–Crippen LogP) is 1.70. The van der Waals surface area contributed by atoms with Crippen molar-refractivity contribution in [2.45, 2.75) is 32.2 Å². The number of aryl methyl sites for hydroxylation is 2. The van der Waals surface area contributed by atoms with E-state index < -0.39 is 10.0 Å². The Kier molecular flexibility index (Phi) is 3.55. The van der Waals surface area contributed by atoms with Gasteiger partial charge >= 0.3 is 0 Å². The van der Waals surface area contributed by atoms with E-state index >= 15 is 0 Å². The molecule has 2 aromatic rings. The van der Waals surface area contributed by atoms with E-state index in [1.54, 1.807) is 18.5 Å². The molecule has 0 fully saturated rings. The normalized spacial score (nSPS) is 11.8. The first kappa shape index (κ1) is 13.9. The summed E-state index contributed by atoms with van der Waals surface area (Å²) in [6.45, 7) is 5.88. The fourth-order valence-electron chi connectivity index (χ4n) is 1.92. The quantitative estimate of drug-likeness (QED) is 0.899. The Balaban J connectivity index is 2.42.